The van der Waals surface area contributed by atoms with Gasteiger partial charge in [-0.05, 0) is 30.3 Å². The predicted molar refractivity (Wildman–Crippen MR) is 109 cm³/mol. The second-order valence-electron chi connectivity index (χ2n) is 6.31. The van der Waals surface area contributed by atoms with Crippen LogP contribution < -0.4 is 25.1 Å². The minimum Gasteiger partial charge on any atom is -0.493 e. The fourth-order valence-electron chi connectivity index (χ4n) is 2.86. The molecule has 0 aliphatic rings. The van der Waals surface area contributed by atoms with Gasteiger partial charge in [-0.1, -0.05) is 0 Å². The lowest BCUT2D eigenvalue weighted by Crippen LogP contribution is -2.29. The number of hydrogen-bond acceptors (Lipinski definition) is 6. The Balaban J connectivity index is 1.89. The maximum absolute atomic E-state index is 13.3. The largest absolute Gasteiger partial charge is 0.493 e. The molecule has 1 heterocycles. The molecule has 0 saturated heterocycles. The van der Waals surface area contributed by atoms with Crippen LogP contribution in [0.5, 0.6) is 17.2 Å². The summed E-state index contributed by atoms with van der Waals surface area (Å²) in [6.45, 7) is -0.434. The SMILES string of the molecule is COc1cc(-c2ccc(=O)n(CC(=O)Nc3ccc(F)c(F)c3)n2)cc(OC)c1OC. The van der Waals surface area contributed by atoms with Crippen molar-refractivity contribution in [2.45, 2.75) is 6.54 Å². The van der Waals surface area contributed by atoms with E-state index in [0.29, 0.717) is 28.5 Å². The summed E-state index contributed by atoms with van der Waals surface area (Å²) in [6.07, 6.45) is 0. The third-order valence-corrected chi connectivity index (χ3v) is 4.32. The van der Waals surface area contributed by atoms with Crippen LogP contribution in [-0.4, -0.2) is 37.0 Å². The van der Waals surface area contributed by atoms with Crippen LogP contribution in [-0.2, 0) is 11.3 Å². The van der Waals surface area contributed by atoms with Crippen molar-refractivity contribution in [3.8, 4) is 28.5 Å². The van der Waals surface area contributed by atoms with Crippen molar-refractivity contribution >= 4 is 11.6 Å². The molecule has 10 heteroatoms. The van der Waals surface area contributed by atoms with Gasteiger partial charge < -0.3 is 19.5 Å². The van der Waals surface area contributed by atoms with E-state index in [-0.39, 0.29) is 5.69 Å². The lowest BCUT2D eigenvalue weighted by molar-refractivity contribution is -0.117. The molecule has 0 aliphatic carbocycles. The number of carbonyl (C=O) groups is 1. The number of carbonyl (C=O) groups excluding carboxylic acids is 1. The van der Waals surface area contributed by atoms with Gasteiger partial charge in [0.25, 0.3) is 5.56 Å². The minimum absolute atomic E-state index is 0.0535. The topological polar surface area (TPSA) is 91.7 Å². The number of amides is 1. The van der Waals surface area contributed by atoms with Crippen molar-refractivity contribution in [2.24, 2.45) is 0 Å². The van der Waals surface area contributed by atoms with Gasteiger partial charge in [-0.3, -0.25) is 9.59 Å². The number of nitrogens with zero attached hydrogens (tertiary/aromatic N) is 2. The van der Waals surface area contributed by atoms with Crippen LogP contribution in [0.2, 0.25) is 0 Å². The van der Waals surface area contributed by atoms with Crippen LogP contribution in [0.3, 0.4) is 0 Å². The Morgan fingerprint density at radius 2 is 1.65 bits per heavy atom. The Hall–Kier alpha value is -3.95. The summed E-state index contributed by atoms with van der Waals surface area (Å²) in [5.41, 5.74) is 0.470. The van der Waals surface area contributed by atoms with Gasteiger partial charge in [-0.15, -0.1) is 0 Å². The molecule has 0 radical (unpaired) electrons. The first kappa shape index (κ1) is 21.8. The number of halogens is 2. The smallest absolute Gasteiger partial charge is 0.267 e. The Kier molecular flexibility index (Phi) is 6.49. The Morgan fingerprint density at radius 1 is 0.968 bits per heavy atom. The van der Waals surface area contributed by atoms with E-state index in [2.05, 4.69) is 10.4 Å². The lowest BCUT2D eigenvalue weighted by Gasteiger charge is -2.14. The van der Waals surface area contributed by atoms with E-state index >= 15 is 0 Å². The molecular weight excluding hydrogens is 412 g/mol. The maximum atomic E-state index is 13.3. The fourth-order valence-corrected chi connectivity index (χ4v) is 2.86. The summed E-state index contributed by atoms with van der Waals surface area (Å²) in [6, 6.07) is 9.00. The van der Waals surface area contributed by atoms with Crippen molar-refractivity contribution in [3.05, 3.63) is 64.5 Å². The molecule has 31 heavy (non-hydrogen) atoms. The van der Waals surface area contributed by atoms with Gasteiger partial charge in [-0.25, -0.2) is 13.5 Å². The van der Waals surface area contributed by atoms with Crippen molar-refractivity contribution in [1.29, 1.82) is 0 Å². The number of nitrogens with one attached hydrogen (secondary N) is 1. The number of methoxy groups -OCH3 is 3. The van der Waals surface area contributed by atoms with Crippen molar-refractivity contribution < 1.29 is 27.8 Å². The molecule has 3 rings (SSSR count). The van der Waals surface area contributed by atoms with Gasteiger partial charge in [0.1, 0.15) is 6.54 Å². The summed E-state index contributed by atoms with van der Waals surface area (Å²) in [4.78, 5) is 24.5. The molecule has 0 bridgehead atoms. The zero-order valence-corrected chi connectivity index (χ0v) is 16.9. The molecular formula is C21H19F2N3O5. The summed E-state index contributed by atoms with van der Waals surface area (Å²) >= 11 is 0. The molecule has 0 spiro atoms. The van der Waals surface area contributed by atoms with Crippen LogP contribution in [0.15, 0.2) is 47.3 Å². The van der Waals surface area contributed by atoms with Gasteiger partial charge in [-0.2, -0.15) is 5.10 Å². The molecule has 1 N–H and O–H groups in total. The molecule has 1 amide bonds. The Labute approximate surface area is 176 Å². The van der Waals surface area contributed by atoms with Crippen LogP contribution in [0.25, 0.3) is 11.3 Å². The quantitative estimate of drug-likeness (QED) is 0.619. The molecule has 0 fully saturated rings. The highest BCUT2D eigenvalue weighted by Crippen LogP contribution is 2.40. The summed E-state index contributed by atoms with van der Waals surface area (Å²) in [5.74, 6) is -1.58. The van der Waals surface area contributed by atoms with E-state index < -0.39 is 29.6 Å². The average molecular weight is 431 g/mol. The van der Waals surface area contributed by atoms with Gasteiger partial charge in [0.05, 0.1) is 27.0 Å². The summed E-state index contributed by atoms with van der Waals surface area (Å²) < 4.78 is 43.2. The molecule has 0 aliphatic heterocycles. The number of aromatic nitrogens is 2. The average Bonchev–Trinajstić information content (AvgIpc) is 2.76. The van der Waals surface area contributed by atoms with Crippen molar-refractivity contribution in [2.75, 3.05) is 26.6 Å². The van der Waals surface area contributed by atoms with E-state index in [4.69, 9.17) is 14.2 Å². The highest BCUT2D eigenvalue weighted by Gasteiger charge is 2.16. The number of anilines is 1. The third-order valence-electron chi connectivity index (χ3n) is 4.32. The van der Waals surface area contributed by atoms with Crippen LogP contribution >= 0.6 is 0 Å². The fraction of sp³-hybridized carbons (Fsp3) is 0.190. The molecule has 1 aromatic heterocycles. The number of rotatable bonds is 7. The Bertz CT molecular complexity index is 1150. The minimum atomic E-state index is -1.10. The standard InChI is InChI=1S/C21H19F2N3O5/c1-29-17-8-12(9-18(30-2)21(17)31-3)16-6-7-20(28)26(25-16)11-19(27)24-13-4-5-14(22)15(23)10-13/h4-10H,11H2,1-3H3,(H,24,27). The first-order valence-electron chi connectivity index (χ1n) is 8.99. The first-order chi connectivity index (χ1) is 14.9. The van der Waals surface area contributed by atoms with Crippen LogP contribution in [0.4, 0.5) is 14.5 Å². The van der Waals surface area contributed by atoms with E-state index in [0.717, 1.165) is 16.8 Å². The zero-order valence-electron chi connectivity index (χ0n) is 16.9. The summed E-state index contributed by atoms with van der Waals surface area (Å²) in [7, 11) is 4.42. The van der Waals surface area contributed by atoms with Gasteiger partial charge in [0.2, 0.25) is 11.7 Å². The lowest BCUT2D eigenvalue weighted by atomic mass is 10.1. The number of ether oxygens (including phenoxy) is 3. The highest BCUT2D eigenvalue weighted by molar-refractivity contribution is 5.90. The second kappa shape index (κ2) is 9.24. The van der Waals surface area contributed by atoms with E-state index in [9.17, 15) is 18.4 Å². The second-order valence-corrected chi connectivity index (χ2v) is 6.31. The summed E-state index contributed by atoms with van der Waals surface area (Å²) in [5, 5.41) is 6.61. The van der Waals surface area contributed by atoms with Crippen LogP contribution in [0.1, 0.15) is 0 Å². The molecule has 162 valence electrons. The molecule has 0 unspecified atom stereocenters. The van der Waals surface area contributed by atoms with E-state index in [1.165, 1.54) is 39.5 Å². The monoisotopic (exact) mass is 431 g/mol. The molecule has 0 atom stereocenters. The predicted octanol–water partition coefficient (Wildman–Crippen LogP) is 2.85. The zero-order chi connectivity index (χ0) is 22.5. The maximum Gasteiger partial charge on any atom is 0.267 e. The van der Waals surface area contributed by atoms with E-state index in [1.54, 1.807) is 12.1 Å². The Morgan fingerprint density at radius 3 is 2.23 bits per heavy atom. The van der Waals surface area contributed by atoms with Gasteiger partial charge in [0.15, 0.2) is 23.1 Å². The normalized spacial score (nSPS) is 10.5. The molecule has 3 aromatic rings. The van der Waals surface area contributed by atoms with E-state index in [1.807, 2.05) is 0 Å². The molecule has 8 nitrogen and oxygen atoms in total. The highest BCUT2D eigenvalue weighted by atomic mass is 19.2. The number of benzene rings is 2. The van der Waals surface area contributed by atoms with Gasteiger partial charge in [0, 0.05) is 23.4 Å². The first-order valence-corrected chi connectivity index (χ1v) is 8.99. The molecule has 2 aromatic carbocycles. The van der Waals surface area contributed by atoms with Gasteiger partial charge >= 0.3 is 0 Å². The van der Waals surface area contributed by atoms with Crippen molar-refractivity contribution in [1.82, 2.24) is 9.78 Å². The molecule has 0 saturated carbocycles. The number of hydrogen-bond donors (Lipinski definition) is 1. The van der Waals surface area contributed by atoms with Crippen LogP contribution in [0, 0.1) is 11.6 Å². The third kappa shape index (κ3) is 4.80. The van der Waals surface area contributed by atoms with Crippen molar-refractivity contribution in [3.63, 3.8) is 0 Å².